The van der Waals surface area contributed by atoms with Gasteiger partial charge in [-0.25, -0.2) is 4.39 Å². The maximum Gasteiger partial charge on any atom is 0.124 e. The quantitative estimate of drug-likeness (QED) is 0.790. The van der Waals surface area contributed by atoms with Gasteiger partial charge in [0.25, 0.3) is 0 Å². The van der Waals surface area contributed by atoms with Crippen molar-refractivity contribution in [1.82, 2.24) is 0 Å². The Morgan fingerprint density at radius 1 is 1.21 bits per heavy atom. The maximum atomic E-state index is 13.3. The number of hydrogen-bond donors (Lipinski definition) is 0. The summed E-state index contributed by atoms with van der Waals surface area (Å²) < 4.78 is 18.9. The predicted octanol–water partition coefficient (Wildman–Crippen LogP) is 4.02. The molecule has 2 aromatic rings. The highest BCUT2D eigenvalue weighted by molar-refractivity contribution is 6.17. The summed E-state index contributed by atoms with van der Waals surface area (Å²) >= 11 is 5.80. The smallest absolute Gasteiger partial charge is 0.124 e. The lowest BCUT2D eigenvalue weighted by Gasteiger charge is -2.10. The number of nitrogens with zero attached hydrogens (tertiary/aromatic N) is 1. The molecule has 0 unspecified atom stereocenters. The second-order valence-electron chi connectivity index (χ2n) is 3.99. The highest BCUT2D eigenvalue weighted by Gasteiger charge is 2.04. The summed E-state index contributed by atoms with van der Waals surface area (Å²) in [6.07, 6.45) is 0. The molecule has 2 nitrogen and oxygen atoms in total. The third-order valence-electron chi connectivity index (χ3n) is 2.60. The first kappa shape index (κ1) is 13.4. The van der Waals surface area contributed by atoms with E-state index in [1.165, 1.54) is 12.1 Å². The molecule has 0 fully saturated rings. The van der Waals surface area contributed by atoms with E-state index in [-0.39, 0.29) is 12.2 Å². The molecule has 0 atom stereocenters. The maximum absolute atomic E-state index is 13.3. The Hall–Kier alpha value is -2.05. The third kappa shape index (κ3) is 3.46. The van der Waals surface area contributed by atoms with Crippen LogP contribution in [0.5, 0.6) is 5.75 Å². The molecule has 4 heteroatoms. The Kier molecular flexibility index (Phi) is 4.38. The molecular weight excluding hydrogens is 265 g/mol. The van der Waals surface area contributed by atoms with Gasteiger partial charge in [-0.2, -0.15) is 5.26 Å². The normalized spacial score (nSPS) is 9.95. The van der Waals surface area contributed by atoms with Crippen LogP contribution in [0.1, 0.15) is 16.7 Å². The Balaban J connectivity index is 2.15. The number of halogens is 2. The van der Waals surface area contributed by atoms with Crippen LogP contribution in [0.3, 0.4) is 0 Å². The first-order valence-electron chi connectivity index (χ1n) is 5.69. The van der Waals surface area contributed by atoms with E-state index in [9.17, 15) is 4.39 Å². The molecule has 0 saturated heterocycles. The Labute approximate surface area is 116 Å². The zero-order valence-corrected chi connectivity index (χ0v) is 10.8. The van der Waals surface area contributed by atoms with E-state index in [0.717, 1.165) is 5.56 Å². The van der Waals surface area contributed by atoms with Gasteiger partial charge in [0.2, 0.25) is 0 Å². The molecular formula is C15H11ClFNO. The van der Waals surface area contributed by atoms with Gasteiger partial charge in [-0.1, -0.05) is 18.2 Å². The van der Waals surface area contributed by atoms with Crippen LogP contribution in [-0.4, -0.2) is 0 Å². The summed E-state index contributed by atoms with van der Waals surface area (Å²) in [5.41, 5.74) is 1.77. The highest BCUT2D eigenvalue weighted by atomic mass is 35.5. The Bertz CT molecular complexity index is 622. The molecule has 0 aromatic heterocycles. The fourth-order valence-corrected chi connectivity index (χ4v) is 1.94. The summed E-state index contributed by atoms with van der Waals surface area (Å²) in [6.45, 7) is 0.195. The van der Waals surface area contributed by atoms with Gasteiger partial charge in [-0.05, 0) is 29.8 Å². The average Bonchev–Trinajstić information content (AvgIpc) is 2.44. The van der Waals surface area contributed by atoms with Crippen molar-refractivity contribution in [2.75, 3.05) is 0 Å². The number of para-hydroxylation sites is 1. The minimum atomic E-state index is -0.441. The van der Waals surface area contributed by atoms with Gasteiger partial charge in [0.15, 0.2) is 0 Å². The van der Waals surface area contributed by atoms with Crippen molar-refractivity contribution in [3.63, 3.8) is 0 Å². The van der Waals surface area contributed by atoms with Crippen LogP contribution in [0, 0.1) is 17.1 Å². The Morgan fingerprint density at radius 2 is 2.00 bits per heavy atom. The van der Waals surface area contributed by atoms with E-state index >= 15 is 0 Å². The third-order valence-corrected chi connectivity index (χ3v) is 2.89. The van der Waals surface area contributed by atoms with Crippen LogP contribution >= 0.6 is 11.6 Å². The summed E-state index contributed by atoms with van der Waals surface area (Å²) in [4.78, 5) is 0. The van der Waals surface area contributed by atoms with Crippen LogP contribution in [-0.2, 0) is 12.5 Å². The lowest BCUT2D eigenvalue weighted by molar-refractivity contribution is 0.303. The number of rotatable bonds is 4. The molecule has 0 spiro atoms. The van der Waals surface area contributed by atoms with Crippen LogP contribution < -0.4 is 4.74 Å². The largest absolute Gasteiger partial charge is 0.489 e. The SMILES string of the molecule is N#Cc1cc(F)cc(COc2ccccc2CCl)c1. The number of benzene rings is 2. The summed E-state index contributed by atoms with van der Waals surface area (Å²) in [5.74, 6) is 0.575. The zero-order valence-electron chi connectivity index (χ0n) is 10.1. The van der Waals surface area contributed by atoms with E-state index in [1.807, 2.05) is 30.3 Å². The van der Waals surface area contributed by atoms with E-state index in [2.05, 4.69) is 0 Å². The minimum absolute atomic E-state index is 0.195. The summed E-state index contributed by atoms with van der Waals surface area (Å²) in [5, 5.41) is 8.78. The van der Waals surface area contributed by atoms with Crippen molar-refractivity contribution in [1.29, 1.82) is 5.26 Å². The second-order valence-corrected chi connectivity index (χ2v) is 4.26. The van der Waals surface area contributed by atoms with Gasteiger partial charge in [0, 0.05) is 5.56 Å². The lowest BCUT2D eigenvalue weighted by atomic mass is 10.1. The molecule has 0 aliphatic carbocycles. The Morgan fingerprint density at radius 3 is 2.74 bits per heavy atom. The molecule has 0 aliphatic rings. The number of hydrogen-bond acceptors (Lipinski definition) is 2. The molecule has 0 bridgehead atoms. The van der Waals surface area contributed by atoms with Crippen molar-refractivity contribution in [2.45, 2.75) is 12.5 Å². The predicted molar refractivity (Wildman–Crippen MR) is 71.4 cm³/mol. The second kappa shape index (κ2) is 6.21. The molecule has 2 rings (SSSR count). The van der Waals surface area contributed by atoms with Gasteiger partial charge in [0.05, 0.1) is 17.5 Å². The number of alkyl halides is 1. The van der Waals surface area contributed by atoms with Crippen molar-refractivity contribution < 1.29 is 9.13 Å². The van der Waals surface area contributed by atoms with Crippen molar-refractivity contribution in [3.8, 4) is 11.8 Å². The fourth-order valence-electron chi connectivity index (χ4n) is 1.71. The molecule has 0 aliphatic heterocycles. The first-order chi connectivity index (χ1) is 9.22. The molecule has 0 radical (unpaired) electrons. The van der Waals surface area contributed by atoms with Gasteiger partial charge >= 0.3 is 0 Å². The zero-order chi connectivity index (χ0) is 13.7. The number of nitriles is 1. The topological polar surface area (TPSA) is 33.0 Å². The van der Waals surface area contributed by atoms with Crippen LogP contribution in [0.2, 0.25) is 0 Å². The lowest BCUT2D eigenvalue weighted by Crippen LogP contribution is -1.99. The van der Waals surface area contributed by atoms with E-state index < -0.39 is 5.82 Å². The molecule has 0 amide bonds. The molecule has 2 aromatic carbocycles. The molecule has 0 heterocycles. The van der Waals surface area contributed by atoms with Gasteiger partial charge in [0.1, 0.15) is 18.2 Å². The van der Waals surface area contributed by atoms with Crippen LogP contribution in [0.15, 0.2) is 42.5 Å². The first-order valence-corrected chi connectivity index (χ1v) is 6.22. The van der Waals surface area contributed by atoms with Gasteiger partial charge < -0.3 is 4.74 Å². The minimum Gasteiger partial charge on any atom is -0.489 e. The van der Waals surface area contributed by atoms with Crippen molar-refractivity contribution >= 4 is 11.6 Å². The highest BCUT2D eigenvalue weighted by Crippen LogP contribution is 2.21. The van der Waals surface area contributed by atoms with Crippen LogP contribution in [0.25, 0.3) is 0 Å². The van der Waals surface area contributed by atoms with Crippen molar-refractivity contribution in [3.05, 3.63) is 65.0 Å². The summed E-state index contributed by atoms with van der Waals surface area (Å²) in [6, 6.07) is 13.5. The monoisotopic (exact) mass is 275 g/mol. The van der Waals surface area contributed by atoms with Crippen LogP contribution in [0.4, 0.5) is 4.39 Å². The van der Waals surface area contributed by atoms with E-state index in [4.69, 9.17) is 21.6 Å². The molecule has 0 N–H and O–H groups in total. The van der Waals surface area contributed by atoms with E-state index in [0.29, 0.717) is 17.2 Å². The fraction of sp³-hybridized carbons (Fsp3) is 0.133. The van der Waals surface area contributed by atoms with Gasteiger partial charge in [-0.15, -0.1) is 11.6 Å². The number of ether oxygens (including phenoxy) is 1. The molecule has 19 heavy (non-hydrogen) atoms. The molecule has 0 saturated carbocycles. The van der Waals surface area contributed by atoms with Gasteiger partial charge in [-0.3, -0.25) is 0 Å². The standard InChI is InChI=1S/C15H11ClFNO/c16-8-13-3-1-2-4-15(13)19-10-12-5-11(9-18)6-14(17)7-12/h1-7H,8,10H2. The average molecular weight is 276 g/mol. The van der Waals surface area contributed by atoms with E-state index in [1.54, 1.807) is 6.07 Å². The summed E-state index contributed by atoms with van der Waals surface area (Å²) in [7, 11) is 0. The van der Waals surface area contributed by atoms with Crippen molar-refractivity contribution in [2.24, 2.45) is 0 Å². The molecule has 96 valence electrons.